The van der Waals surface area contributed by atoms with Gasteiger partial charge in [0.2, 0.25) is 0 Å². The maximum absolute atomic E-state index is 13.2. The molecule has 0 radical (unpaired) electrons. The topological polar surface area (TPSA) is 78.7 Å². The maximum Gasteiger partial charge on any atom is 0.274 e. The van der Waals surface area contributed by atoms with Crippen LogP contribution in [-0.2, 0) is 0 Å². The van der Waals surface area contributed by atoms with Crippen LogP contribution in [0.4, 0.5) is 0 Å². The number of aromatic nitrogens is 2. The van der Waals surface area contributed by atoms with E-state index < -0.39 is 0 Å². The molecule has 0 unspecified atom stereocenters. The summed E-state index contributed by atoms with van der Waals surface area (Å²) < 4.78 is 1.67. The Morgan fingerprint density at radius 3 is 2.58 bits per heavy atom. The van der Waals surface area contributed by atoms with Crippen LogP contribution in [-0.4, -0.2) is 58.5 Å². The molecule has 1 aliphatic heterocycles. The second-order valence-corrected chi connectivity index (χ2v) is 11.2. The van der Waals surface area contributed by atoms with Gasteiger partial charge in [0.15, 0.2) is 5.69 Å². The van der Waals surface area contributed by atoms with E-state index in [1.54, 1.807) is 10.6 Å². The molecule has 7 nitrogen and oxygen atoms in total. The number of hydrogen-bond donors (Lipinski definition) is 2. The number of amides is 2. The summed E-state index contributed by atoms with van der Waals surface area (Å²) in [6.07, 6.45) is 10.8. The van der Waals surface area contributed by atoms with Crippen LogP contribution < -0.4 is 10.6 Å². The van der Waals surface area contributed by atoms with E-state index in [4.69, 9.17) is 0 Å². The summed E-state index contributed by atoms with van der Waals surface area (Å²) in [7, 11) is 0. The van der Waals surface area contributed by atoms with Gasteiger partial charge in [0.05, 0.1) is 11.1 Å². The second kappa shape index (κ2) is 8.12. The summed E-state index contributed by atoms with van der Waals surface area (Å²) in [5, 5.41) is 11.2. The molecule has 3 heterocycles. The van der Waals surface area contributed by atoms with Gasteiger partial charge in [-0.3, -0.25) is 9.59 Å². The van der Waals surface area contributed by atoms with E-state index in [0.29, 0.717) is 34.8 Å². The number of pyridine rings is 1. The Hall–Kier alpha value is -2.41. The van der Waals surface area contributed by atoms with Gasteiger partial charge in [-0.2, -0.15) is 5.10 Å². The molecule has 176 valence electrons. The van der Waals surface area contributed by atoms with E-state index in [-0.39, 0.29) is 11.8 Å². The van der Waals surface area contributed by atoms with Crippen molar-refractivity contribution in [2.75, 3.05) is 26.2 Å². The number of nitrogens with zero attached hydrogens (tertiary/aromatic N) is 3. The molecule has 33 heavy (non-hydrogen) atoms. The zero-order valence-corrected chi connectivity index (χ0v) is 19.6. The molecular formula is C26H35N5O2. The SMILES string of the molecule is CCN[C@@H]1CCN(C(=O)c2cc3c(C(=O)NCC45CC6CC(CC(C6)C4)C5)cccn3n2)C1. The number of hydrogen-bond acceptors (Lipinski definition) is 4. The molecule has 7 rings (SSSR count). The Kier molecular flexibility index (Phi) is 5.20. The Balaban J connectivity index is 1.17. The molecule has 2 N–H and O–H groups in total. The van der Waals surface area contributed by atoms with E-state index in [9.17, 15) is 9.59 Å². The van der Waals surface area contributed by atoms with Crippen molar-refractivity contribution in [1.82, 2.24) is 25.1 Å². The lowest BCUT2D eigenvalue weighted by molar-refractivity contribution is -0.0503. The Bertz CT molecular complexity index is 1040. The molecule has 1 saturated heterocycles. The van der Waals surface area contributed by atoms with Crippen LogP contribution >= 0.6 is 0 Å². The second-order valence-electron chi connectivity index (χ2n) is 11.2. The molecular weight excluding hydrogens is 414 g/mol. The van der Waals surface area contributed by atoms with Crippen molar-refractivity contribution in [2.24, 2.45) is 23.2 Å². The average Bonchev–Trinajstić information content (AvgIpc) is 3.43. The summed E-state index contributed by atoms with van der Waals surface area (Å²) in [4.78, 5) is 28.2. The number of fused-ring (bicyclic) bond motifs is 1. The van der Waals surface area contributed by atoms with Crippen molar-refractivity contribution in [1.29, 1.82) is 0 Å². The normalized spacial score (nSPS) is 32.6. The Morgan fingerprint density at radius 2 is 1.88 bits per heavy atom. The highest BCUT2D eigenvalue weighted by Gasteiger charge is 2.50. The number of carbonyl (C=O) groups excluding carboxylic acids is 2. The lowest BCUT2D eigenvalue weighted by Gasteiger charge is -2.56. The standard InChI is InChI=1S/C26H35N5O2/c1-2-27-20-5-7-30(15-20)25(33)22-11-23-21(4-3-6-31(23)29-22)24(32)28-16-26-12-17-8-18(13-26)10-19(9-17)14-26/h3-4,6,11,17-20,27H,2,5,7-10,12-16H2,1H3,(H,28,32)/t17?,18?,19?,20-,26?/m1/s1. The first-order chi connectivity index (χ1) is 16.0. The average molecular weight is 450 g/mol. The summed E-state index contributed by atoms with van der Waals surface area (Å²) >= 11 is 0. The molecule has 4 aliphatic carbocycles. The van der Waals surface area contributed by atoms with Crippen LogP contribution in [0.5, 0.6) is 0 Å². The van der Waals surface area contributed by atoms with E-state index >= 15 is 0 Å². The number of carbonyl (C=O) groups is 2. The van der Waals surface area contributed by atoms with Crippen molar-refractivity contribution < 1.29 is 9.59 Å². The predicted octanol–water partition coefficient (Wildman–Crippen LogP) is 3.10. The first kappa shape index (κ1) is 21.1. The Labute approximate surface area is 195 Å². The Morgan fingerprint density at radius 1 is 1.15 bits per heavy atom. The van der Waals surface area contributed by atoms with E-state index in [2.05, 4.69) is 22.7 Å². The third kappa shape index (κ3) is 3.84. The van der Waals surface area contributed by atoms with Gasteiger partial charge in [-0.15, -0.1) is 0 Å². The van der Waals surface area contributed by atoms with Gasteiger partial charge in [-0.05, 0) is 92.9 Å². The van der Waals surface area contributed by atoms with Gasteiger partial charge in [0.25, 0.3) is 11.8 Å². The van der Waals surface area contributed by atoms with Gasteiger partial charge in [-0.1, -0.05) is 6.92 Å². The van der Waals surface area contributed by atoms with Crippen molar-refractivity contribution in [3.8, 4) is 0 Å². The summed E-state index contributed by atoms with van der Waals surface area (Å²) in [5.41, 5.74) is 2.01. The smallest absolute Gasteiger partial charge is 0.274 e. The van der Waals surface area contributed by atoms with E-state index in [0.717, 1.165) is 43.8 Å². The lowest BCUT2D eigenvalue weighted by atomic mass is 9.49. The zero-order valence-electron chi connectivity index (χ0n) is 19.6. The molecule has 1 atom stereocenters. The molecule has 4 bridgehead atoms. The van der Waals surface area contributed by atoms with Gasteiger partial charge in [0, 0.05) is 31.9 Å². The predicted molar refractivity (Wildman–Crippen MR) is 126 cm³/mol. The molecule has 4 saturated carbocycles. The third-order valence-electron chi connectivity index (χ3n) is 8.72. The summed E-state index contributed by atoms with van der Waals surface area (Å²) in [6, 6.07) is 5.81. The van der Waals surface area contributed by atoms with Crippen molar-refractivity contribution in [3.05, 3.63) is 35.7 Å². The number of rotatable bonds is 6. The fraction of sp³-hybridized carbons (Fsp3) is 0.654. The fourth-order valence-electron chi connectivity index (χ4n) is 7.74. The minimum Gasteiger partial charge on any atom is -0.351 e. The monoisotopic (exact) mass is 449 g/mol. The van der Waals surface area contributed by atoms with Gasteiger partial charge >= 0.3 is 0 Å². The van der Waals surface area contributed by atoms with Crippen LogP contribution in [0.3, 0.4) is 0 Å². The molecule has 2 aromatic heterocycles. The van der Waals surface area contributed by atoms with Crippen LogP contribution in [0.25, 0.3) is 5.52 Å². The lowest BCUT2D eigenvalue weighted by Crippen LogP contribution is -2.51. The molecule has 2 aromatic rings. The third-order valence-corrected chi connectivity index (χ3v) is 8.72. The molecule has 5 aliphatic rings. The minimum absolute atomic E-state index is 0.0522. The zero-order chi connectivity index (χ0) is 22.6. The molecule has 0 aromatic carbocycles. The number of nitrogens with one attached hydrogen (secondary N) is 2. The molecule has 0 spiro atoms. The van der Waals surface area contributed by atoms with Crippen LogP contribution in [0.2, 0.25) is 0 Å². The minimum atomic E-state index is -0.0565. The first-order valence-corrected chi connectivity index (χ1v) is 12.8. The summed E-state index contributed by atoms with van der Waals surface area (Å²) in [5.74, 6) is 2.51. The first-order valence-electron chi connectivity index (χ1n) is 12.8. The molecule has 7 heteroatoms. The quantitative estimate of drug-likeness (QED) is 0.710. The maximum atomic E-state index is 13.2. The summed E-state index contributed by atoms with van der Waals surface area (Å²) in [6.45, 7) is 5.21. The van der Waals surface area contributed by atoms with Crippen molar-refractivity contribution >= 4 is 17.3 Å². The highest BCUT2D eigenvalue weighted by atomic mass is 16.2. The van der Waals surface area contributed by atoms with E-state index in [1.165, 1.54) is 38.5 Å². The number of likely N-dealkylation sites (N-methyl/N-ethyl adjacent to an activating group) is 1. The van der Waals surface area contributed by atoms with Crippen molar-refractivity contribution in [3.63, 3.8) is 0 Å². The molecule has 5 fully saturated rings. The number of likely N-dealkylation sites (tertiary alicyclic amines) is 1. The fourth-order valence-corrected chi connectivity index (χ4v) is 7.74. The van der Waals surface area contributed by atoms with Gasteiger partial charge in [-0.25, -0.2) is 4.52 Å². The molecule has 2 amide bonds. The van der Waals surface area contributed by atoms with Crippen molar-refractivity contribution in [2.45, 2.75) is 57.9 Å². The van der Waals surface area contributed by atoms with Crippen LogP contribution in [0, 0.1) is 23.2 Å². The van der Waals surface area contributed by atoms with Crippen LogP contribution in [0.15, 0.2) is 24.4 Å². The highest BCUT2D eigenvalue weighted by Crippen LogP contribution is 2.59. The highest BCUT2D eigenvalue weighted by molar-refractivity contribution is 6.02. The largest absolute Gasteiger partial charge is 0.351 e. The van der Waals surface area contributed by atoms with Crippen LogP contribution in [0.1, 0.15) is 72.7 Å². The van der Waals surface area contributed by atoms with Gasteiger partial charge < -0.3 is 15.5 Å². The van der Waals surface area contributed by atoms with Gasteiger partial charge in [0.1, 0.15) is 0 Å². The van der Waals surface area contributed by atoms with E-state index in [1.807, 2.05) is 23.2 Å².